The van der Waals surface area contributed by atoms with E-state index in [0.29, 0.717) is 11.4 Å². The number of nitrogen functional groups attached to an aromatic ring is 1. The monoisotopic (exact) mass is 201 g/mol. The molecule has 3 N–H and O–H groups in total. The van der Waals surface area contributed by atoms with Gasteiger partial charge in [0, 0.05) is 11.5 Å². The second-order valence-corrected chi connectivity index (χ2v) is 3.14. The van der Waals surface area contributed by atoms with Gasteiger partial charge in [-0.25, -0.2) is 4.98 Å². The van der Waals surface area contributed by atoms with Crippen molar-refractivity contribution in [1.29, 1.82) is 5.41 Å². The number of pyridine rings is 1. The molecule has 4 nitrogen and oxygen atoms in total. The summed E-state index contributed by atoms with van der Waals surface area (Å²) in [5.74, 6) is 0.629. The predicted molar refractivity (Wildman–Crippen MR) is 59.3 cm³/mol. The lowest BCUT2D eigenvalue weighted by Crippen LogP contribution is -2.13. The molecule has 0 aliphatic heterocycles. The Morgan fingerprint density at radius 3 is 2.80 bits per heavy atom. The minimum Gasteiger partial charge on any atom is -0.496 e. The highest BCUT2D eigenvalue weighted by atomic mass is 16.5. The van der Waals surface area contributed by atoms with Crippen LogP contribution in [0.3, 0.4) is 0 Å². The summed E-state index contributed by atoms with van der Waals surface area (Å²) < 4.78 is 5.23. The summed E-state index contributed by atoms with van der Waals surface area (Å²) >= 11 is 0. The molecular formula is C11H11N3O. The van der Waals surface area contributed by atoms with E-state index < -0.39 is 0 Å². The quantitative estimate of drug-likeness (QED) is 0.571. The number of benzene rings is 1. The molecule has 0 bridgehead atoms. The van der Waals surface area contributed by atoms with E-state index in [4.69, 9.17) is 15.9 Å². The van der Waals surface area contributed by atoms with E-state index in [2.05, 4.69) is 4.98 Å². The van der Waals surface area contributed by atoms with Gasteiger partial charge in [-0.15, -0.1) is 0 Å². The number of rotatable bonds is 2. The number of ether oxygens (including phenoxy) is 1. The van der Waals surface area contributed by atoms with Gasteiger partial charge in [-0.2, -0.15) is 0 Å². The van der Waals surface area contributed by atoms with E-state index in [9.17, 15) is 0 Å². The maximum atomic E-state index is 7.34. The van der Waals surface area contributed by atoms with Crippen LogP contribution in [0.25, 0.3) is 10.9 Å². The molecule has 0 amide bonds. The lowest BCUT2D eigenvalue weighted by molar-refractivity contribution is 0.419. The van der Waals surface area contributed by atoms with Gasteiger partial charge in [0.05, 0.1) is 12.6 Å². The molecule has 2 rings (SSSR count). The molecule has 0 aliphatic carbocycles. The number of aromatic nitrogens is 1. The van der Waals surface area contributed by atoms with Crippen molar-refractivity contribution >= 4 is 16.7 Å². The van der Waals surface area contributed by atoms with Gasteiger partial charge < -0.3 is 10.5 Å². The molecule has 0 spiro atoms. The van der Waals surface area contributed by atoms with Crippen molar-refractivity contribution < 1.29 is 4.74 Å². The Morgan fingerprint density at radius 1 is 1.40 bits per heavy atom. The fraction of sp³-hybridized carbons (Fsp3) is 0.0909. The highest BCUT2D eigenvalue weighted by Crippen LogP contribution is 2.24. The summed E-state index contributed by atoms with van der Waals surface area (Å²) in [7, 11) is 1.59. The van der Waals surface area contributed by atoms with Crippen LogP contribution in [0.4, 0.5) is 0 Å². The molecule has 76 valence electrons. The minimum atomic E-state index is -0.0564. The maximum absolute atomic E-state index is 7.34. The van der Waals surface area contributed by atoms with Crippen LogP contribution < -0.4 is 10.5 Å². The number of fused-ring (bicyclic) bond motifs is 1. The first-order chi connectivity index (χ1) is 7.22. The Morgan fingerprint density at radius 2 is 2.13 bits per heavy atom. The van der Waals surface area contributed by atoms with E-state index in [1.54, 1.807) is 13.2 Å². The topological polar surface area (TPSA) is 72.0 Å². The van der Waals surface area contributed by atoms with Gasteiger partial charge in [-0.3, -0.25) is 5.41 Å². The minimum absolute atomic E-state index is 0.0564. The molecule has 1 heterocycles. The molecule has 1 aromatic heterocycles. The van der Waals surface area contributed by atoms with E-state index in [0.717, 1.165) is 10.9 Å². The van der Waals surface area contributed by atoms with Crippen molar-refractivity contribution in [2.24, 2.45) is 5.73 Å². The number of nitrogens with one attached hydrogen (secondary N) is 1. The third-order valence-electron chi connectivity index (χ3n) is 2.17. The molecule has 0 saturated carbocycles. The van der Waals surface area contributed by atoms with E-state index in [-0.39, 0.29) is 5.84 Å². The van der Waals surface area contributed by atoms with Gasteiger partial charge >= 0.3 is 0 Å². The third-order valence-corrected chi connectivity index (χ3v) is 2.17. The molecule has 0 fully saturated rings. The molecular weight excluding hydrogens is 190 g/mol. The number of methoxy groups -OCH3 is 1. The van der Waals surface area contributed by atoms with E-state index in [1.807, 2.05) is 24.3 Å². The Kier molecular flexibility index (Phi) is 2.25. The Balaban J connectivity index is 2.77. The third kappa shape index (κ3) is 1.61. The number of amidine groups is 1. The summed E-state index contributed by atoms with van der Waals surface area (Å²) in [6, 6.07) is 9.26. The van der Waals surface area contributed by atoms with E-state index >= 15 is 0 Å². The number of nitrogens with zero attached hydrogens (tertiary/aromatic N) is 1. The Bertz CT molecular complexity index is 522. The van der Waals surface area contributed by atoms with Gasteiger partial charge in [0.25, 0.3) is 0 Å². The average Bonchev–Trinajstić information content (AvgIpc) is 2.27. The summed E-state index contributed by atoms with van der Waals surface area (Å²) in [6.45, 7) is 0. The van der Waals surface area contributed by atoms with Crippen molar-refractivity contribution in [3.8, 4) is 5.75 Å². The standard InChI is InChI=1S/C11H11N3O/c1-15-10-6-9(11(12)13)14-8-5-3-2-4-7(8)10/h2-6H,1H3,(H3,12,13). The first kappa shape index (κ1) is 9.45. The molecule has 2 aromatic rings. The molecule has 0 aliphatic rings. The fourth-order valence-corrected chi connectivity index (χ4v) is 1.45. The molecule has 1 aromatic carbocycles. The predicted octanol–water partition coefficient (Wildman–Crippen LogP) is 1.53. The van der Waals surface area contributed by atoms with Gasteiger partial charge in [0.2, 0.25) is 0 Å². The molecule has 0 radical (unpaired) electrons. The summed E-state index contributed by atoms with van der Waals surface area (Å²) in [6.07, 6.45) is 0. The van der Waals surface area contributed by atoms with Crippen molar-refractivity contribution in [3.05, 3.63) is 36.0 Å². The normalized spacial score (nSPS) is 10.2. The van der Waals surface area contributed by atoms with Crippen molar-refractivity contribution in [2.75, 3.05) is 7.11 Å². The highest BCUT2D eigenvalue weighted by Gasteiger charge is 2.06. The number of nitrogens with two attached hydrogens (primary N) is 1. The lowest BCUT2D eigenvalue weighted by Gasteiger charge is -2.07. The zero-order valence-electron chi connectivity index (χ0n) is 8.32. The summed E-state index contributed by atoms with van der Waals surface area (Å²) in [5.41, 5.74) is 6.61. The number of hydrogen-bond donors (Lipinski definition) is 2. The molecule has 0 saturated heterocycles. The van der Waals surface area contributed by atoms with Gasteiger partial charge in [0.1, 0.15) is 17.3 Å². The molecule has 15 heavy (non-hydrogen) atoms. The first-order valence-corrected chi connectivity index (χ1v) is 4.50. The van der Waals surface area contributed by atoms with Crippen molar-refractivity contribution in [1.82, 2.24) is 4.98 Å². The Hall–Kier alpha value is -2.10. The van der Waals surface area contributed by atoms with Gasteiger partial charge in [-0.05, 0) is 12.1 Å². The van der Waals surface area contributed by atoms with Gasteiger partial charge in [-0.1, -0.05) is 12.1 Å². The molecule has 0 atom stereocenters. The van der Waals surface area contributed by atoms with Crippen LogP contribution in [0.1, 0.15) is 5.69 Å². The smallest absolute Gasteiger partial charge is 0.141 e. The zero-order valence-corrected chi connectivity index (χ0v) is 8.32. The molecule has 4 heteroatoms. The lowest BCUT2D eigenvalue weighted by atomic mass is 10.2. The van der Waals surface area contributed by atoms with Crippen molar-refractivity contribution in [3.63, 3.8) is 0 Å². The van der Waals surface area contributed by atoms with Crippen molar-refractivity contribution in [2.45, 2.75) is 0 Å². The molecule has 0 unspecified atom stereocenters. The summed E-state index contributed by atoms with van der Waals surface area (Å²) in [5, 5.41) is 8.26. The second-order valence-electron chi connectivity index (χ2n) is 3.14. The van der Waals surface area contributed by atoms with Gasteiger partial charge in [0.15, 0.2) is 0 Å². The average molecular weight is 201 g/mol. The SMILES string of the molecule is COc1cc(C(=N)N)nc2ccccc12. The van der Waals surface area contributed by atoms with Crippen LogP contribution in [0, 0.1) is 5.41 Å². The maximum Gasteiger partial charge on any atom is 0.141 e. The highest BCUT2D eigenvalue weighted by molar-refractivity contribution is 5.97. The van der Waals surface area contributed by atoms with Crippen LogP contribution in [-0.2, 0) is 0 Å². The largest absolute Gasteiger partial charge is 0.496 e. The number of hydrogen-bond acceptors (Lipinski definition) is 3. The fourth-order valence-electron chi connectivity index (χ4n) is 1.45. The van der Waals surface area contributed by atoms with Crippen LogP contribution in [0.2, 0.25) is 0 Å². The second kappa shape index (κ2) is 3.57. The van der Waals surface area contributed by atoms with Crippen LogP contribution in [-0.4, -0.2) is 17.9 Å². The summed E-state index contributed by atoms with van der Waals surface area (Å²) in [4.78, 5) is 4.25. The van der Waals surface area contributed by atoms with Crippen LogP contribution in [0.5, 0.6) is 5.75 Å². The van der Waals surface area contributed by atoms with Crippen LogP contribution in [0.15, 0.2) is 30.3 Å². The van der Waals surface area contributed by atoms with Crippen LogP contribution >= 0.6 is 0 Å². The van der Waals surface area contributed by atoms with E-state index in [1.165, 1.54) is 0 Å². The number of para-hydroxylation sites is 1. The zero-order chi connectivity index (χ0) is 10.8. The Labute approximate surface area is 87.2 Å². The first-order valence-electron chi connectivity index (χ1n) is 4.50.